The van der Waals surface area contributed by atoms with Crippen LogP contribution in [0, 0.1) is 13.8 Å². The van der Waals surface area contributed by atoms with E-state index in [1.807, 2.05) is 44.4 Å². The second-order valence-electron chi connectivity index (χ2n) is 5.05. The Morgan fingerprint density at radius 1 is 1.14 bits per heavy atom. The molecule has 0 atom stereocenters. The predicted molar refractivity (Wildman–Crippen MR) is 84.4 cm³/mol. The van der Waals surface area contributed by atoms with Crippen LogP contribution in [0.4, 0.5) is 11.5 Å². The monoisotopic (exact) mass is 282 g/mol. The number of aromatic amines is 1. The highest BCUT2D eigenvalue weighted by molar-refractivity contribution is 5.90. The van der Waals surface area contributed by atoms with Crippen molar-refractivity contribution < 1.29 is 4.74 Å². The molecule has 1 N–H and O–H groups in total. The van der Waals surface area contributed by atoms with Crippen LogP contribution < -0.4 is 9.64 Å². The van der Waals surface area contributed by atoms with Gasteiger partial charge in [-0.3, -0.25) is 0 Å². The average molecular weight is 282 g/mol. The maximum absolute atomic E-state index is 5.26. The van der Waals surface area contributed by atoms with Crippen molar-refractivity contribution in [3.8, 4) is 5.75 Å². The number of hydrogen-bond acceptors (Lipinski definition) is 4. The first-order valence-electron chi connectivity index (χ1n) is 6.80. The lowest BCUT2D eigenvalue weighted by Gasteiger charge is -2.22. The Labute approximate surface area is 123 Å². The number of nitrogens with one attached hydrogen (secondary N) is 1. The molecule has 1 aromatic carbocycles. The van der Waals surface area contributed by atoms with Crippen LogP contribution in [0.5, 0.6) is 5.75 Å². The van der Waals surface area contributed by atoms with Crippen LogP contribution in [-0.4, -0.2) is 29.1 Å². The smallest absolute Gasteiger partial charge is 0.146 e. The zero-order chi connectivity index (χ0) is 15.0. The lowest BCUT2D eigenvalue weighted by Crippen LogP contribution is -2.14. The number of nitrogens with zero attached hydrogens (tertiary/aromatic N) is 3. The summed E-state index contributed by atoms with van der Waals surface area (Å²) in [6.07, 6.45) is 1.89. The van der Waals surface area contributed by atoms with E-state index in [9.17, 15) is 0 Å². The van der Waals surface area contributed by atoms with Crippen LogP contribution in [0.25, 0.3) is 11.0 Å². The van der Waals surface area contributed by atoms with Crippen LogP contribution in [0.3, 0.4) is 0 Å². The van der Waals surface area contributed by atoms with Gasteiger partial charge in [-0.2, -0.15) is 0 Å². The molecule has 108 valence electrons. The van der Waals surface area contributed by atoms with E-state index in [0.717, 1.165) is 39.7 Å². The van der Waals surface area contributed by atoms with E-state index in [0.29, 0.717) is 0 Å². The number of ether oxygens (including phenoxy) is 1. The maximum Gasteiger partial charge on any atom is 0.146 e. The third kappa shape index (κ3) is 2.31. The van der Waals surface area contributed by atoms with Crippen molar-refractivity contribution in [1.82, 2.24) is 15.0 Å². The van der Waals surface area contributed by atoms with Gasteiger partial charge in [0.2, 0.25) is 0 Å². The molecule has 5 heteroatoms. The number of aromatic nitrogens is 3. The minimum absolute atomic E-state index is 0.748. The summed E-state index contributed by atoms with van der Waals surface area (Å²) in [5, 5.41) is 1.01. The SMILES string of the molecule is COc1ccc(N(C)c2nc(C)nc3[nH]ccc23)c(C)c1. The van der Waals surface area contributed by atoms with Crippen molar-refractivity contribution >= 4 is 22.5 Å². The molecule has 0 amide bonds. The van der Waals surface area contributed by atoms with Gasteiger partial charge < -0.3 is 14.6 Å². The number of fused-ring (bicyclic) bond motifs is 1. The number of hydrogen-bond donors (Lipinski definition) is 1. The maximum atomic E-state index is 5.26. The van der Waals surface area contributed by atoms with E-state index in [-0.39, 0.29) is 0 Å². The first kappa shape index (κ1) is 13.4. The Bertz CT molecular complexity index is 794. The van der Waals surface area contributed by atoms with Gasteiger partial charge in [-0.1, -0.05) is 0 Å². The molecule has 0 aliphatic heterocycles. The van der Waals surface area contributed by atoms with E-state index < -0.39 is 0 Å². The Hall–Kier alpha value is -2.56. The standard InChI is InChI=1S/C16H18N4O/c1-10-9-12(21-4)5-6-14(10)20(3)16-13-7-8-17-15(13)18-11(2)19-16/h5-9H,1-4H3,(H,17,18,19). The number of H-pyrrole nitrogens is 1. The highest BCUT2D eigenvalue weighted by Gasteiger charge is 2.14. The minimum atomic E-state index is 0.748. The third-order valence-electron chi connectivity index (χ3n) is 3.59. The summed E-state index contributed by atoms with van der Waals surface area (Å²) in [5.74, 6) is 2.50. The summed E-state index contributed by atoms with van der Waals surface area (Å²) in [6.45, 7) is 3.97. The molecule has 0 spiro atoms. The quantitative estimate of drug-likeness (QED) is 0.800. The van der Waals surface area contributed by atoms with Gasteiger partial charge in [-0.15, -0.1) is 0 Å². The second-order valence-corrected chi connectivity index (χ2v) is 5.05. The number of methoxy groups -OCH3 is 1. The molecule has 3 rings (SSSR count). The fourth-order valence-electron chi connectivity index (χ4n) is 2.53. The number of anilines is 2. The van der Waals surface area contributed by atoms with Gasteiger partial charge in [0.05, 0.1) is 12.5 Å². The lowest BCUT2D eigenvalue weighted by atomic mass is 10.1. The number of aryl methyl sites for hydroxylation is 2. The Morgan fingerprint density at radius 2 is 1.95 bits per heavy atom. The fourth-order valence-corrected chi connectivity index (χ4v) is 2.53. The summed E-state index contributed by atoms with van der Waals surface area (Å²) in [4.78, 5) is 14.2. The zero-order valence-electron chi connectivity index (χ0n) is 12.6. The van der Waals surface area contributed by atoms with Crippen molar-refractivity contribution in [2.45, 2.75) is 13.8 Å². The lowest BCUT2D eigenvalue weighted by molar-refractivity contribution is 0.414. The first-order valence-corrected chi connectivity index (χ1v) is 6.80. The average Bonchev–Trinajstić information content (AvgIpc) is 2.93. The van der Waals surface area contributed by atoms with Crippen molar-refractivity contribution in [2.75, 3.05) is 19.1 Å². The molecule has 5 nitrogen and oxygen atoms in total. The van der Waals surface area contributed by atoms with Crippen LogP contribution in [-0.2, 0) is 0 Å². The summed E-state index contributed by atoms with van der Waals surface area (Å²) < 4.78 is 5.26. The van der Waals surface area contributed by atoms with Gasteiger partial charge in [0.15, 0.2) is 0 Å². The molecule has 0 bridgehead atoms. The fraction of sp³-hybridized carbons (Fsp3) is 0.250. The van der Waals surface area contributed by atoms with E-state index >= 15 is 0 Å². The topological polar surface area (TPSA) is 54.0 Å². The van der Waals surface area contributed by atoms with Crippen molar-refractivity contribution in [1.29, 1.82) is 0 Å². The molecule has 0 radical (unpaired) electrons. The van der Waals surface area contributed by atoms with E-state index in [1.54, 1.807) is 7.11 Å². The largest absolute Gasteiger partial charge is 0.497 e. The molecule has 3 aromatic rings. The minimum Gasteiger partial charge on any atom is -0.497 e. The first-order chi connectivity index (χ1) is 10.1. The zero-order valence-corrected chi connectivity index (χ0v) is 12.6. The molecular formula is C16H18N4O. The highest BCUT2D eigenvalue weighted by atomic mass is 16.5. The number of benzene rings is 1. The molecule has 21 heavy (non-hydrogen) atoms. The Morgan fingerprint density at radius 3 is 2.67 bits per heavy atom. The summed E-state index contributed by atoms with van der Waals surface area (Å²) in [7, 11) is 3.69. The predicted octanol–water partition coefficient (Wildman–Crippen LogP) is 3.35. The highest BCUT2D eigenvalue weighted by Crippen LogP contribution is 2.32. The van der Waals surface area contributed by atoms with E-state index in [4.69, 9.17) is 4.74 Å². The normalized spacial score (nSPS) is 10.9. The molecule has 0 saturated carbocycles. The molecule has 0 aliphatic rings. The van der Waals surface area contributed by atoms with Crippen LogP contribution >= 0.6 is 0 Å². The van der Waals surface area contributed by atoms with Crippen molar-refractivity contribution in [3.05, 3.63) is 41.9 Å². The third-order valence-corrected chi connectivity index (χ3v) is 3.59. The molecule has 0 saturated heterocycles. The van der Waals surface area contributed by atoms with Crippen molar-refractivity contribution in [3.63, 3.8) is 0 Å². The van der Waals surface area contributed by atoms with E-state index in [2.05, 4.69) is 26.8 Å². The van der Waals surface area contributed by atoms with Gasteiger partial charge in [0.1, 0.15) is 23.0 Å². The molecular weight excluding hydrogens is 264 g/mol. The van der Waals surface area contributed by atoms with Gasteiger partial charge in [-0.05, 0) is 43.7 Å². The van der Waals surface area contributed by atoms with Gasteiger partial charge >= 0.3 is 0 Å². The Kier molecular flexibility index (Phi) is 3.25. The number of rotatable bonds is 3. The molecule has 0 fully saturated rings. The van der Waals surface area contributed by atoms with Crippen LogP contribution in [0.2, 0.25) is 0 Å². The van der Waals surface area contributed by atoms with Gasteiger partial charge in [0.25, 0.3) is 0 Å². The molecule has 0 aliphatic carbocycles. The summed E-state index contributed by atoms with van der Waals surface area (Å²) >= 11 is 0. The van der Waals surface area contributed by atoms with Gasteiger partial charge in [-0.25, -0.2) is 9.97 Å². The van der Waals surface area contributed by atoms with Crippen molar-refractivity contribution in [2.24, 2.45) is 0 Å². The molecule has 2 heterocycles. The molecule has 0 unspecified atom stereocenters. The Balaban J connectivity index is 2.12. The van der Waals surface area contributed by atoms with Crippen LogP contribution in [0.1, 0.15) is 11.4 Å². The summed E-state index contributed by atoms with van der Waals surface area (Å²) in [5.41, 5.74) is 3.09. The second kappa shape index (κ2) is 5.09. The molecule has 2 aromatic heterocycles. The van der Waals surface area contributed by atoms with E-state index in [1.165, 1.54) is 0 Å². The van der Waals surface area contributed by atoms with Gasteiger partial charge in [0, 0.05) is 18.9 Å². The summed E-state index contributed by atoms with van der Waals surface area (Å²) in [6, 6.07) is 8.03. The van der Waals surface area contributed by atoms with Crippen LogP contribution in [0.15, 0.2) is 30.5 Å².